The van der Waals surface area contributed by atoms with Gasteiger partial charge in [0.1, 0.15) is 11.5 Å². The number of halogens is 3. The van der Waals surface area contributed by atoms with Gasteiger partial charge in [-0.05, 0) is 24.1 Å². The van der Waals surface area contributed by atoms with E-state index in [4.69, 9.17) is 5.73 Å². The number of nitrogens with two attached hydrogens (primary N) is 1. The third-order valence-electron chi connectivity index (χ3n) is 5.48. The Morgan fingerprint density at radius 2 is 1.44 bits per heavy atom. The lowest BCUT2D eigenvalue weighted by atomic mass is 9.82. The highest BCUT2D eigenvalue weighted by molar-refractivity contribution is 7.92. The molecule has 3 aromatic rings. The van der Waals surface area contributed by atoms with Crippen molar-refractivity contribution in [3.63, 3.8) is 0 Å². The van der Waals surface area contributed by atoms with Crippen molar-refractivity contribution < 1.29 is 31.8 Å². The normalized spacial score (nSPS) is 15.9. The van der Waals surface area contributed by atoms with Gasteiger partial charge in [0.15, 0.2) is 5.54 Å². The molecule has 0 heterocycles. The van der Waals surface area contributed by atoms with Crippen LogP contribution in [0.3, 0.4) is 0 Å². The Hall–Kier alpha value is -3.08. The number of hydrogen-bond donors (Lipinski definition) is 3. The fourth-order valence-corrected chi connectivity index (χ4v) is 5.39. The zero-order valence-electron chi connectivity index (χ0n) is 18.5. The van der Waals surface area contributed by atoms with Crippen LogP contribution >= 0.6 is 0 Å². The molecule has 2 unspecified atom stereocenters. The van der Waals surface area contributed by atoms with E-state index >= 15 is 13.2 Å². The van der Waals surface area contributed by atoms with Gasteiger partial charge in [-0.15, -0.1) is 0 Å². The highest BCUT2D eigenvalue weighted by Gasteiger charge is 2.63. The minimum absolute atomic E-state index is 0.174. The van der Waals surface area contributed by atoms with Gasteiger partial charge in [0.25, 0.3) is 0 Å². The lowest BCUT2D eigenvalue weighted by Gasteiger charge is -2.45. The van der Waals surface area contributed by atoms with Crippen LogP contribution < -0.4 is 10.0 Å². The lowest BCUT2D eigenvalue weighted by molar-refractivity contribution is -0.187. The summed E-state index contributed by atoms with van der Waals surface area (Å²) in [6.45, 7) is 1.12. The van der Waals surface area contributed by atoms with Crippen LogP contribution in [0.5, 0.6) is 5.75 Å². The van der Waals surface area contributed by atoms with Gasteiger partial charge in [0, 0.05) is 12.0 Å². The Kier molecular flexibility index (Phi) is 6.71. The van der Waals surface area contributed by atoms with E-state index in [1.165, 1.54) is 54.6 Å². The van der Waals surface area contributed by atoms with Crippen molar-refractivity contribution in [1.82, 2.24) is 0 Å². The van der Waals surface area contributed by atoms with Crippen LogP contribution in [-0.2, 0) is 27.7 Å². The first-order valence-electron chi connectivity index (χ1n) is 10.2. The topological polar surface area (TPSA) is 104 Å². The van der Waals surface area contributed by atoms with E-state index in [-0.39, 0.29) is 21.0 Å². The minimum Gasteiger partial charge on any atom is -0.505 e. The van der Waals surface area contributed by atoms with E-state index in [1.54, 1.807) is 18.2 Å². The molecule has 0 amide bonds. The quantitative estimate of drug-likeness (QED) is 0.431. The zero-order chi connectivity index (χ0) is 25.4. The van der Waals surface area contributed by atoms with Gasteiger partial charge in [-0.3, -0.25) is 5.73 Å². The highest BCUT2D eigenvalue weighted by atomic mass is 32.2. The van der Waals surface area contributed by atoms with Crippen LogP contribution in [0, 0.1) is 0 Å². The van der Waals surface area contributed by atoms with E-state index < -0.39 is 45.3 Å². The number of aromatic hydroxyl groups is 1. The van der Waals surface area contributed by atoms with Crippen LogP contribution in [0.1, 0.15) is 23.6 Å². The maximum absolute atomic E-state index is 15.2. The Bertz CT molecular complexity index is 1240. The number of nitrogens with zero attached hydrogens (tertiary/aromatic N) is 1. The molecule has 6 nitrogen and oxygen atoms in total. The second-order valence-corrected chi connectivity index (χ2v) is 10.1. The molecule has 0 aliphatic rings. The summed E-state index contributed by atoms with van der Waals surface area (Å²) in [5.41, 5.74) is -0.731. The molecule has 0 aliphatic heterocycles. The lowest BCUT2D eigenvalue weighted by Crippen LogP contribution is -2.60. The van der Waals surface area contributed by atoms with Gasteiger partial charge in [0.05, 0.1) is 11.9 Å². The highest BCUT2D eigenvalue weighted by Crippen LogP contribution is 2.51. The third kappa shape index (κ3) is 4.75. The molecular weight excluding hydrogens is 469 g/mol. The summed E-state index contributed by atoms with van der Waals surface area (Å²) in [6, 6.07) is 17.8. The number of phenols is 1. The number of anilines is 1. The molecule has 0 aromatic heterocycles. The molecular formula is C24H25F3N2O4S. The number of hydrogen-bond acceptors (Lipinski definition) is 5. The van der Waals surface area contributed by atoms with Crippen molar-refractivity contribution in [2.45, 2.75) is 30.8 Å². The van der Waals surface area contributed by atoms with Crippen molar-refractivity contribution in [2.24, 2.45) is 5.73 Å². The van der Waals surface area contributed by atoms with Crippen LogP contribution in [0.4, 0.5) is 18.9 Å². The van der Waals surface area contributed by atoms with Gasteiger partial charge in [-0.1, -0.05) is 72.8 Å². The predicted molar refractivity (Wildman–Crippen MR) is 124 cm³/mol. The number of sulfonamides is 1. The number of phenolic OH excluding ortho intramolecular Hbond substituents is 1. The second-order valence-electron chi connectivity index (χ2n) is 8.23. The summed E-state index contributed by atoms with van der Waals surface area (Å²) >= 11 is 0. The molecule has 0 spiro atoms. The second kappa shape index (κ2) is 8.94. The predicted octanol–water partition coefficient (Wildman–Crippen LogP) is 3.98. The molecule has 2 atom stereocenters. The van der Waals surface area contributed by atoms with E-state index in [0.717, 1.165) is 13.0 Å². The Balaban J connectivity index is 2.47. The molecule has 0 radical (unpaired) electrons. The van der Waals surface area contributed by atoms with Crippen LogP contribution in [-0.4, -0.2) is 31.1 Å². The average molecular weight is 495 g/mol. The van der Waals surface area contributed by atoms with E-state index in [0.29, 0.717) is 6.26 Å². The van der Waals surface area contributed by atoms with Crippen molar-refractivity contribution in [1.29, 1.82) is 0 Å². The first-order valence-corrected chi connectivity index (χ1v) is 12.0. The SMILES string of the molecule is CC(N)(O)c1cccc(N(C(Cc2ccccc2)(c2ccccc2)C(F)(F)F)S(C)(=O)=O)c1O. The first-order chi connectivity index (χ1) is 15.7. The Labute approximate surface area is 196 Å². The number of para-hydroxylation sites is 1. The van der Waals surface area contributed by atoms with E-state index in [9.17, 15) is 18.6 Å². The van der Waals surface area contributed by atoms with Crippen molar-refractivity contribution in [2.75, 3.05) is 10.6 Å². The Morgan fingerprint density at radius 3 is 1.91 bits per heavy atom. The van der Waals surface area contributed by atoms with Gasteiger partial charge in [-0.25, -0.2) is 12.7 Å². The third-order valence-corrected chi connectivity index (χ3v) is 6.65. The fourth-order valence-electron chi connectivity index (χ4n) is 4.05. The summed E-state index contributed by atoms with van der Waals surface area (Å²) in [5.74, 6) is -0.877. The van der Waals surface area contributed by atoms with Gasteiger partial charge in [-0.2, -0.15) is 13.2 Å². The molecule has 3 rings (SSSR count). The summed E-state index contributed by atoms with van der Waals surface area (Å²) in [5, 5.41) is 21.1. The monoisotopic (exact) mass is 494 g/mol. The van der Waals surface area contributed by atoms with Gasteiger partial charge >= 0.3 is 6.18 Å². The van der Waals surface area contributed by atoms with Crippen molar-refractivity contribution in [3.8, 4) is 5.75 Å². The van der Waals surface area contributed by atoms with Crippen LogP contribution in [0.25, 0.3) is 0 Å². The van der Waals surface area contributed by atoms with Gasteiger partial charge < -0.3 is 10.2 Å². The summed E-state index contributed by atoms with van der Waals surface area (Å²) < 4.78 is 72.1. The minimum atomic E-state index is -5.14. The van der Waals surface area contributed by atoms with Crippen LogP contribution in [0.15, 0.2) is 78.9 Å². The molecule has 10 heteroatoms. The summed E-state index contributed by atoms with van der Waals surface area (Å²) in [4.78, 5) is 0. The molecule has 182 valence electrons. The smallest absolute Gasteiger partial charge is 0.417 e. The standard InChI is InChI=1S/C24H25F3N2O4S/c1-22(28,31)19-14-9-15-20(21(19)30)29(34(2,32)33)23(24(25,26)27,18-12-7-4-8-13-18)16-17-10-5-3-6-11-17/h3-15,30-31H,16,28H2,1-2H3. The van der Waals surface area contributed by atoms with E-state index in [2.05, 4.69) is 0 Å². The maximum atomic E-state index is 15.2. The molecule has 0 bridgehead atoms. The maximum Gasteiger partial charge on any atom is 0.417 e. The molecule has 4 N–H and O–H groups in total. The number of benzene rings is 3. The fraction of sp³-hybridized carbons (Fsp3) is 0.250. The van der Waals surface area contributed by atoms with Gasteiger partial charge in [0.2, 0.25) is 10.0 Å². The molecule has 0 saturated carbocycles. The largest absolute Gasteiger partial charge is 0.505 e. The first kappa shape index (κ1) is 25.5. The Morgan fingerprint density at radius 1 is 0.912 bits per heavy atom. The summed E-state index contributed by atoms with van der Waals surface area (Å²) in [6.07, 6.45) is -5.29. The number of rotatable bonds is 7. The number of aliphatic hydroxyl groups is 1. The molecule has 0 saturated heterocycles. The van der Waals surface area contributed by atoms with E-state index in [1.807, 2.05) is 0 Å². The van der Waals surface area contributed by atoms with Crippen LogP contribution in [0.2, 0.25) is 0 Å². The molecule has 3 aromatic carbocycles. The molecule has 0 aliphatic carbocycles. The summed E-state index contributed by atoms with van der Waals surface area (Å²) in [7, 11) is -4.68. The van der Waals surface area contributed by atoms with Crippen molar-refractivity contribution in [3.05, 3.63) is 95.6 Å². The zero-order valence-corrected chi connectivity index (χ0v) is 19.3. The average Bonchev–Trinajstić information content (AvgIpc) is 2.73. The molecule has 0 fully saturated rings. The molecule has 34 heavy (non-hydrogen) atoms. The number of alkyl halides is 3. The van der Waals surface area contributed by atoms with Crippen molar-refractivity contribution >= 4 is 15.7 Å².